The standard InChI is InChI=1S/C27H27ClN2O3S/c1-5-17-8-10-18(11-9-17)21-15-34-26(23(21)27(32)33-7-3)29-25(31)24-16(4)20-14-19(28)12-13-22(20)30(24)6-2/h8-15H,5-7H2,1-4H3,(H,29,31). The van der Waals surface area contributed by atoms with E-state index in [1.807, 2.05) is 66.3 Å². The third kappa shape index (κ3) is 4.36. The van der Waals surface area contributed by atoms with E-state index >= 15 is 0 Å². The number of halogens is 1. The van der Waals surface area contributed by atoms with Crippen LogP contribution in [0.15, 0.2) is 47.8 Å². The monoisotopic (exact) mass is 494 g/mol. The number of esters is 1. The van der Waals surface area contributed by atoms with Crippen molar-refractivity contribution in [1.29, 1.82) is 0 Å². The Bertz CT molecular complexity index is 1370. The van der Waals surface area contributed by atoms with Crippen LogP contribution in [0.1, 0.15) is 52.7 Å². The predicted molar refractivity (Wildman–Crippen MR) is 140 cm³/mol. The minimum Gasteiger partial charge on any atom is -0.462 e. The minimum absolute atomic E-state index is 0.250. The smallest absolute Gasteiger partial charge is 0.341 e. The molecule has 0 atom stereocenters. The highest BCUT2D eigenvalue weighted by Crippen LogP contribution is 2.37. The van der Waals surface area contributed by atoms with E-state index < -0.39 is 5.97 Å². The molecular weight excluding hydrogens is 468 g/mol. The molecule has 4 aromatic rings. The van der Waals surface area contributed by atoms with Gasteiger partial charge in [0.2, 0.25) is 0 Å². The quantitative estimate of drug-likeness (QED) is 0.273. The topological polar surface area (TPSA) is 60.3 Å². The van der Waals surface area contributed by atoms with Crippen molar-refractivity contribution in [1.82, 2.24) is 4.57 Å². The fraction of sp³-hybridized carbons (Fsp3) is 0.259. The van der Waals surface area contributed by atoms with Crippen molar-refractivity contribution >= 4 is 50.7 Å². The van der Waals surface area contributed by atoms with Gasteiger partial charge in [-0.05, 0) is 62.1 Å². The number of anilines is 1. The van der Waals surface area contributed by atoms with Crippen LogP contribution in [-0.4, -0.2) is 23.1 Å². The summed E-state index contributed by atoms with van der Waals surface area (Å²) in [6, 6.07) is 13.7. The van der Waals surface area contributed by atoms with Gasteiger partial charge in [0, 0.05) is 33.4 Å². The first-order chi connectivity index (χ1) is 16.4. The molecule has 0 unspecified atom stereocenters. The number of amides is 1. The number of aromatic nitrogens is 1. The maximum Gasteiger partial charge on any atom is 0.341 e. The van der Waals surface area contributed by atoms with Gasteiger partial charge in [0.1, 0.15) is 16.3 Å². The average Bonchev–Trinajstić information content (AvgIpc) is 3.37. The van der Waals surface area contributed by atoms with Gasteiger partial charge in [0.25, 0.3) is 5.91 Å². The van der Waals surface area contributed by atoms with Crippen LogP contribution < -0.4 is 5.32 Å². The molecule has 0 radical (unpaired) electrons. The van der Waals surface area contributed by atoms with Crippen LogP contribution in [0.4, 0.5) is 5.00 Å². The van der Waals surface area contributed by atoms with Crippen molar-refractivity contribution < 1.29 is 14.3 Å². The number of hydrogen-bond acceptors (Lipinski definition) is 4. The van der Waals surface area contributed by atoms with E-state index in [4.69, 9.17) is 16.3 Å². The van der Waals surface area contributed by atoms with Gasteiger partial charge in [-0.1, -0.05) is 42.8 Å². The second kappa shape index (κ2) is 10.0. The molecule has 1 amide bonds. The lowest BCUT2D eigenvalue weighted by Gasteiger charge is -2.11. The molecule has 5 nitrogen and oxygen atoms in total. The van der Waals surface area contributed by atoms with Crippen LogP contribution in [0.2, 0.25) is 5.02 Å². The van der Waals surface area contributed by atoms with Gasteiger partial charge in [-0.15, -0.1) is 11.3 Å². The Morgan fingerprint density at radius 3 is 2.47 bits per heavy atom. The number of aryl methyl sites for hydroxylation is 3. The molecule has 2 heterocycles. The molecule has 4 rings (SSSR count). The molecular formula is C27H27ClN2O3S. The zero-order chi connectivity index (χ0) is 24.4. The van der Waals surface area contributed by atoms with Crippen molar-refractivity contribution in [2.24, 2.45) is 0 Å². The highest BCUT2D eigenvalue weighted by atomic mass is 35.5. The summed E-state index contributed by atoms with van der Waals surface area (Å²) in [5.74, 6) is -0.722. The SMILES string of the molecule is CCOC(=O)c1c(-c2ccc(CC)cc2)csc1NC(=O)c1c(C)c2cc(Cl)ccc2n1CC. The lowest BCUT2D eigenvalue weighted by Crippen LogP contribution is -2.19. The van der Waals surface area contributed by atoms with Crippen molar-refractivity contribution in [2.45, 2.75) is 40.7 Å². The number of carbonyl (C=O) groups excluding carboxylic acids is 2. The van der Waals surface area contributed by atoms with E-state index in [1.165, 1.54) is 16.9 Å². The lowest BCUT2D eigenvalue weighted by molar-refractivity contribution is 0.0529. The fourth-order valence-corrected chi connectivity index (χ4v) is 5.39. The van der Waals surface area contributed by atoms with Crippen LogP contribution in [0.5, 0.6) is 0 Å². The maximum absolute atomic E-state index is 13.5. The number of fused-ring (bicyclic) bond motifs is 1. The summed E-state index contributed by atoms with van der Waals surface area (Å²) in [6.07, 6.45) is 0.936. The molecule has 0 saturated heterocycles. The zero-order valence-corrected chi connectivity index (χ0v) is 21.3. The molecule has 0 aliphatic carbocycles. The highest BCUT2D eigenvalue weighted by molar-refractivity contribution is 7.15. The first-order valence-electron chi connectivity index (χ1n) is 11.4. The predicted octanol–water partition coefficient (Wildman–Crippen LogP) is 7.34. The summed E-state index contributed by atoms with van der Waals surface area (Å²) in [6.45, 7) is 8.66. The van der Waals surface area contributed by atoms with E-state index in [-0.39, 0.29) is 12.5 Å². The van der Waals surface area contributed by atoms with E-state index in [0.717, 1.165) is 34.0 Å². The second-order valence-corrected chi connectivity index (χ2v) is 9.27. The van der Waals surface area contributed by atoms with Gasteiger partial charge >= 0.3 is 5.97 Å². The van der Waals surface area contributed by atoms with Crippen LogP contribution in [0.25, 0.3) is 22.0 Å². The van der Waals surface area contributed by atoms with Crippen LogP contribution in [-0.2, 0) is 17.7 Å². The molecule has 0 bridgehead atoms. The third-order valence-corrected chi connectivity index (χ3v) is 7.11. The Morgan fingerprint density at radius 1 is 1.09 bits per heavy atom. The average molecular weight is 495 g/mol. The fourth-order valence-electron chi connectivity index (χ4n) is 4.27. The van der Waals surface area contributed by atoms with E-state index in [9.17, 15) is 9.59 Å². The summed E-state index contributed by atoms with van der Waals surface area (Å²) >= 11 is 7.53. The Kier molecular flexibility index (Phi) is 7.10. The first-order valence-corrected chi connectivity index (χ1v) is 12.6. The summed E-state index contributed by atoms with van der Waals surface area (Å²) < 4.78 is 7.32. The summed E-state index contributed by atoms with van der Waals surface area (Å²) in [5, 5.41) is 6.92. The van der Waals surface area contributed by atoms with E-state index in [2.05, 4.69) is 12.2 Å². The number of nitrogens with one attached hydrogen (secondary N) is 1. The molecule has 7 heteroatoms. The number of ether oxygens (including phenoxy) is 1. The normalized spacial score (nSPS) is 11.1. The van der Waals surface area contributed by atoms with Gasteiger partial charge in [-0.3, -0.25) is 4.79 Å². The zero-order valence-electron chi connectivity index (χ0n) is 19.7. The molecule has 0 aliphatic heterocycles. The molecule has 34 heavy (non-hydrogen) atoms. The number of rotatable bonds is 7. The maximum atomic E-state index is 13.5. The Labute approximate surface area is 208 Å². The third-order valence-electron chi connectivity index (χ3n) is 5.98. The van der Waals surface area contributed by atoms with E-state index in [1.54, 1.807) is 6.92 Å². The summed E-state index contributed by atoms with van der Waals surface area (Å²) in [5.41, 5.74) is 5.60. The van der Waals surface area contributed by atoms with Crippen molar-refractivity contribution in [3.8, 4) is 11.1 Å². The first kappa shape index (κ1) is 24.0. The Hall–Kier alpha value is -3.09. The lowest BCUT2D eigenvalue weighted by atomic mass is 10.0. The van der Waals surface area contributed by atoms with Crippen LogP contribution in [0, 0.1) is 6.92 Å². The molecule has 2 aromatic heterocycles. The molecule has 0 aliphatic rings. The molecule has 0 saturated carbocycles. The van der Waals surface area contributed by atoms with Crippen molar-refractivity contribution in [3.63, 3.8) is 0 Å². The van der Waals surface area contributed by atoms with Gasteiger partial charge in [-0.2, -0.15) is 0 Å². The number of hydrogen-bond donors (Lipinski definition) is 1. The second-order valence-electron chi connectivity index (χ2n) is 7.96. The summed E-state index contributed by atoms with van der Waals surface area (Å²) in [7, 11) is 0. The largest absolute Gasteiger partial charge is 0.462 e. The van der Waals surface area contributed by atoms with E-state index in [0.29, 0.717) is 27.8 Å². The van der Waals surface area contributed by atoms with Gasteiger partial charge in [0.15, 0.2) is 0 Å². The molecule has 1 N–H and O–H groups in total. The Morgan fingerprint density at radius 2 is 1.82 bits per heavy atom. The molecule has 2 aromatic carbocycles. The molecule has 0 fully saturated rings. The van der Waals surface area contributed by atoms with Crippen LogP contribution >= 0.6 is 22.9 Å². The Balaban J connectivity index is 1.77. The number of benzene rings is 2. The van der Waals surface area contributed by atoms with Gasteiger partial charge < -0.3 is 14.6 Å². The summed E-state index contributed by atoms with van der Waals surface area (Å²) in [4.78, 5) is 26.5. The van der Waals surface area contributed by atoms with Crippen molar-refractivity contribution in [3.05, 3.63) is 75.3 Å². The van der Waals surface area contributed by atoms with Gasteiger partial charge in [0.05, 0.1) is 6.61 Å². The molecule has 0 spiro atoms. The number of thiophene rings is 1. The highest BCUT2D eigenvalue weighted by Gasteiger charge is 2.26. The van der Waals surface area contributed by atoms with Crippen molar-refractivity contribution in [2.75, 3.05) is 11.9 Å². The van der Waals surface area contributed by atoms with Crippen LogP contribution in [0.3, 0.4) is 0 Å². The number of nitrogens with zero attached hydrogens (tertiary/aromatic N) is 1. The molecule has 176 valence electrons. The number of carbonyl (C=O) groups is 2. The van der Waals surface area contributed by atoms with Gasteiger partial charge in [-0.25, -0.2) is 4.79 Å². The minimum atomic E-state index is -0.451.